The topological polar surface area (TPSA) is 53.6 Å². The Labute approximate surface area is 66.7 Å². The van der Waals surface area contributed by atoms with Gasteiger partial charge in [0.2, 0.25) is 0 Å². The molecule has 0 rings (SSSR count). The molecule has 11 heavy (non-hydrogen) atoms. The van der Waals surface area contributed by atoms with Gasteiger partial charge in [0, 0.05) is 21.2 Å². The largest absolute Gasteiger partial charge is 0.348 e. The molecule has 5 nitrogen and oxygen atoms in total. The van der Waals surface area contributed by atoms with Crippen LogP contribution in [0.5, 0.6) is 0 Å². The molecule has 0 aromatic heterocycles. The maximum atomic E-state index is 11.0. The zero-order chi connectivity index (χ0) is 8.85. The first-order chi connectivity index (χ1) is 5.17. The van der Waals surface area contributed by atoms with Gasteiger partial charge in [0.05, 0.1) is 0 Å². The van der Waals surface area contributed by atoms with Crippen LogP contribution in [0.3, 0.4) is 0 Å². The van der Waals surface area contributed by atoms with Crippen LogP contribution in [0.15, 0.2) is 0 Å². The van der Waals surface area contributed by atoms with Gasteiger partial charge in [-0.15, -0.1) is 0 Å². The summed E-state index contributed by atoms with van der Waals surface area (Å²) >= 11 is 0. The van der Waals surface area contributed by atoms with E-state index in [4.69, 9.17) is 4.74 Å². The first-order valence-electron chi connectivity index (χ1n) is 3.32. The molecule has 0 heterocycles. The third-order valence-corrected chi connectivity index (χ3v) is 1.36. The lowest BCUT2D eigenvalue weighted by molar-refractivity contribution is -0.0139. The van der Waals surface area contributed by atoms with Crippen molar-refractivity contribution in [3.8, 4) is 0 Å². The van der Waals surface area contributed by atoms with Crippen molar-refractivity contribution in [1.29, 1.82) is 0 Å². The molecule has 0 spiro atoms. The number of amides is 2. The zero-order valence-corrected chi connectivity index (χ0v) is 7.34. The van der Waals surface area contributed by atoms with E-state index in [1.165, 1.54) is 12.0 Å². The van der Waals surface area contributed by atoms with E-state index in [-0.39, 0.29) is 12.4 Å². The summed E-state index contributed by atoms with van der Waals surface area (Å²) in [5, 5.41) is 5.29. The summed E-state index contributed by atoms with van der Waals surface area (Å²) in [5.74, 6) is 0. The maximum Gasteiger partial charge on any atom is 0.319 e. The second-order valence-electron chi connectivity index (χ2n) is 2.04. The molecule has 0 radical (unpaired) electrons. The number of methoxy groups -OCH3 is 1. The van der Waals surface area contributed by atoms with Crippen molar-refractivity contribution < 1.29 is 9.53 Å². The molecule has 0 aromatic carbocycles. The highest BCUT2D eigenvalue weighted by Gasteiger charge is 2.15. The number of nitrogens with zero attached hydrogens (tertiary/aromatic N) is 1. The summed E-state index contributed by atoms with van der Waals surface area (Å²) in [4.78, 5) is 12.4. The van der Waals surface area contributed by atoms with Gasteiger partial charge in [0.25, 0.3) is 0 Å². The van der Waals surface area contributed by atoms with E-state index in [0.717, 1.165) is 0 Å². The minimum atomic E-state index is -0.380. The third kappa shape index (κ3) is 2.73. The Morgan fingerprint density at radius 1 is 1.55 bits per heavy atom. The number of ether oxygens (including phenoxy) is 1. The predicted octanol–water partition coefficient (Wildman–Crippen LogP) is -0.593. The molecule has 0 aliphatic rings. The van der Waals surface area contributed by atoms with E-state index >= 15 is 0 Å². The molecule has 0 aliphatic heterocycles. The molecule has 2 amide bonds. The lowest BCUT2D eigenvalue weighted by atomic mass is 10.7. The van der Waals surface area contributed by atoms with E-state index in [2.05, 4.69) is 10.6 Å². The number of rotatable bonds is 3. The number of hydrogen-bond donors (Lipinski definition) is 2. The molecule has 0 bridgehead atoms. The molecule has 5 heteroatoms. The van der Waals surface area contributed by atoms with Gasteiger partial charge in [-0.1, -0.05) is 0 Å². The van der Waals surface area contributed by atoms with Crippen LogP contribution in [0.2, 0.25) is 0 Å². The first kappa shape index (κ1) is 10.2. The number of urea groups is 1. The Balaban J connectivity index is 3.97. The van der Waals surface area contributed by atoms with E-state index in [1.807, 2.05) is 0 Å². The molecule has 0 saturated carbocycles. The summed E-state index contributed by atoms with van der Waals surface area (Å²) in [5.41, 5.74) is 0. The molecule has 0 fully saturated rings. The monoisotopic (exact) mass is 161 g/mol. The standard InChI is InChI=1S/C6H15N3O2/c1-7-5(10)9(3)6(8-2)11-4/h6,8H,1-4H3,(H,7,10). The normalized spacial score (nSPS) is 12.4. The summed E-state index contributed by atoms with van der Waals surface area (Å²) in [6.07, 6.45) is -0.380. The summed E-state index contributed by atoms with van der Waals surface area (Å²) in [7, 11) is 6.46. The third-order valence-electron chi connectivity index (χ3n) is 1.36. The second kappa shape index (κ2) is 4.92. The Hall–Kier alpha value is -0.810. The van der Waals surface area contributed by atoms with Crippen LogP contribution in [0.4, 0.5) is 4.79 Å². The Kier molecular flexibility index (Phi) is 4.56. The van der Waals surface area contributed by atoms with E-state index < -0.39 is 0 Å². The first-order valence-corrected chi connectivity index (χ1v) is 3.32. The Morgan fingerprint density at radius 2 is 2.09 bits per heavy atom. The van der Waals surface area contributed by atoms with E-state index in [9.17, 15) is 4.79 Å². The van der Waals surface area contributed by atoms with Gasteiger partial charge in [-0.25, -0.2) is 4.79 Å². The number of carbonyl (C=O) groups is 1. The molecule has 0 saturated heterocycles. The molecule has 0 aromatic rings. The zero-order valence-electron chi connectivity index (χ0n) is 7.34. The van der Waals surface area contributed by atoms with Gasteiger partial charge < -0.3 is 10.1 Å². The minimum absolute atomic E-state index is 0.189. The van der Waals surface area contributed by atoms with Gasteiger partial charge in [-0.2, -0.15) is 0 Å². The van der Waals surface area contributed by atoms with Gasteiger partial charge in [0.1, 0.15) is 0 Å². The minimum Gasteiger partial charge on any atom is -0.348 e. The SMILES string of the molecule is CNC(=O)N(C)C(NC)OC. The van der Waals surface area contributed by atoms with Crippen LogP contribution in [0.1, 0.15) is 0 Å². The van der Waals surface area contributed by atoms with Gasteiger partial charge in [-0.3, -0.25) is 10.2 Å². The molecular weight excluding hydrogens is 146 g/mol. The fraction of sp³-hybridized carbons (Fsp3) is 0.833. The highest BCUT2D eigenvalue weighted by atomic mass is 16.5. The summed E-state index contributed by atoms with van der Waals surface area (Å²) in [6.45, 7) is 0. The molecule has 66 valence electrons. The second-order valence-corrected chi connectivity index (χ2v) is 2.04. The quantitative estimate of drug-likeness (QED) is 0.544. The Bertz CT molecular complexity index is 125. The van der Waals surface area contributed by atoms with Crippen LogP contribution in [0.25, 0.3) is 0 Å². The van der Waals surface area contributed by atoms with Crippen molar-refractivity contribution in [1.82, 2.24) is 15.5 Å². The van der Waals surface area contributed by atoms with Crippen LogP contribution < -0.4 is 10.6 Å². The van der Waals surface area contributed by atoms with Crippen molar-refractivity contribution >= 4 is 6.03 Å². The summed E-state index contributed by atoms with van der Waals surface area (Å²) in [6, 6.07) is -0.189. The average Bonchev–Trinajstić information content (AvgIpc) is 2.05. The fourth-order valence-electron chi connectivity index (χ4n) is 0.752. The maximum absolute atomic E-state index is 11.0. The molecule has 0 aliphatic carbocycles. The van der Waals surface area contributed by atoms with Crippen LogP contribution in [-0.4, -0.2) is 45.5 Å². The molecule has 1 unspecified atom stereocenters. The molecule has 1 atom stereocenters. The lowest BCUT2D eigenvalue weighted by Crippen LogP contribution is -2.49. The molecule has 2 N–H and O–H groups in total. The smallest absolute Gasteiger partial charge is 0.319 e. The van der Waals surface area contributed by atoms with Gasteiger partial charge in [0.15, 0.2) is 6.35 Å². The van der Waals surface area contributed by atoms with Crippen molar-refractivity contribution in [2.75, 3.05) is 28.3 Å². The predicted molar refractivity (Wildman–Crippen MR) is 42.1 cm³/mol. The van der Waals surface area contributed by atoms with Crippen molar-refractivity contribution in [3.05, 3.63) is 0 Å². The highest BCUT2D eigenvalue weighted by Crippen LogP contribution is 1.91. The highest BCUT2D eigenvalue weighted by molar-refractivity contribution is 5.73. The van der Waals surface area contributed by atoms with Crippen molar-refractivity contribution in [2.24, 2.45) is 0 Å². The van der Waals surface area contributed by atoms with Crippen LogP contribution in [0, 0.1) is 0 Å². The van der Waals surface area contributed by atoms with Crippen LogP contribution in [-0.2, 0) is 4.74 Å². The molecular formula is C6H15N3O2. The average molecular weight is 161 g/mol. The van der Waals surface area contributed by atoms with Crippen molar-refractivity contribution in [3.63, 3.8) is 0 Å². The van der Waals surface area contributed by atoms with Gasteiger partial charge >= 0.3 is 6.03 Å². The number of nitrogens with one attached hydrogen (secondary N) is 2. The fourth-order valence-corrected chi connectivity index (χ4v) is 0.752. The van der Waals surface area contributed by atoms with Crippen molar-refractivity contribution in [2.45, 2.75) is 6.35 Å². The lowest BCUT2D eigenvalue weighted by Gasteiger charge is -2.25. The number of hydrogen-bond acceptors (Lipinski definition) is 3. The van der Waals surface area contributed by atoms with E-state index in [0.29, 0.717) is 0 Å². The van der Waals surface area contributed by atoms with Crippen LogP contribution >= 0.6 is 0 Å². The van der Waals surface area contributed by atoms with E-state index in [1.54, 1.807) is 21.1 Å². The number of carbonyl (C=O) groups excluding carboxylic acids is 1. The Morgan fingerprint density at radius 3 is 2.36 bits per heavy atom. The summed E-state index contributed by atoms with van der Waals surface area (Å²) < 4.78 is 4.94. The van der Waals surface area contributed by atoms with Gasteiger partial charge in [-0.05, 0) is 7.05 Å².